The number of aliphatic imine (C=N–C) groups is 1. The van der Waals surface area contributed by atoms with Crippen molar-refractivity contribution in [2.24, 2.45) is 4.99 Å². The van der Waals surface area contributed by atoms with Crippen LogP contribution in [0.25, 0.3) is 0 Å². The molecule has 0 aromatic heterocycles. The van der Waals surface area contributed by atoms with Crippen molar-refractivity contribution in [2.45, 2.75) is 13.0 Å². The van der Waals surface area contributed by atoms with Crippen LogP contribution in [0.1, 0.15) is 16.8 Å². The zero-order valence-corrected chi connectivity index (χ0v) is 16.9. The van der Waals surface area contributed by atoms with Gasteiger partial charge in [0.25, 0.3) is 0 Å². The Morgan fingerprint density at radius 3 is 2.44 bits per heavy atom. The molecular weight excluding hydrogens is 438 g/mol. The Morgan fingerprint density at radius 2 is 1.85 bits per heavy atom. The smallest absolute Gasteiger partial charge is 0.387 e. The third-order valence-corrected chi connectivity index (χ3v) is 4.88. The maximum absolute atomic E-state index is 12.7. The normalized spacial score (nSPS) is 13.5. The molecule has 0 radical (unpaired) electrons. The van der Waals surface area contributed by atoms with E-state index in [9.17, 15) is 13.6 Å². The fourth-order valence-electron chi connectivity index (χ4n) is 2.55. The van der Waals surface area contributed by atoms with Crippen LogP contribution in [0.4, 0.5) is 14.5 Å². The molecule has 0 saturated carbocycles. The number of carbonyl (C=O) groups is 1. The molecule has 0 fully saturated rings. The number of halogens is 3. The quantitative estimate of drug-likeness (QED) is 0.570. The first-order valence-corrected chi connectivity index (χ1v) is 9.20. The molecule has 1 aliphatic rings. The summed E-state index contributed by atoms with van der Waals surface area (Å²) < 4.78 is 28.8. The van der Waals surface area contributed by atoms with E-state index in [0.29, 0.717) is 5.56 Å². The number of rotatable bonds is 6. The summed E-state index contributed by atoms with van der Waals surface area (Å²) in [6, 6.07) is 15.4. The van der Waals surface area contributed by atoms with Crippen molar-refractivity contribution in [1.82, 2.24) is 0 Å². The number of amidine groups is 1. The van der Waals surface area contributed by atoms with Crippen molar-refractivity contribution >= 4 is 45.4 Å². The first-order chi connectivity index (χ1) is 12.6. The summed E-state index contributed by atoms with van der Waals surface area (Å²) in [6.07, 6.45) is 1.02. The molecule has 0 saturated heterocycles. The number of Topliss-reactive ketones (excluding diaryl/α,β-unsaturated/α-hetero) is 1. The molecule has 1 heterocycles. The Kier molecular flexibility index (Phi) is 8.24. The summed E-state index contributed by atoms with van der Waals surface area (Å²) in [6.45, 7) is -2.00. The summed E-state index contributed by atoms with van der Waals surface area (Å²) >= 11 is 1.63. The van der Waals surface area contributed by atoms with Crippen LogP contribution in [0.15, 0.2) is 59.6 Å². The zero-order chi connectivity index (χ0) is 18.4. The molecule has 0 atom stereocenters. The average Bonchev–Trinajstić information content (AvgIpc) is 2.67. The van der Waals surface area contributed by atoms with E-state index in [0.717, 1.165) is 29.6 Å². The summed E-state index contributed by atoms with van der Waals surface area (Å²) in [4.78, 5) is 19.2. The molecule has 0 N–H and O–H groups in total. The summed E-state index contributed by atoms with van der Waals surface area (Å²) in [5.74, 6) is 0.880. The van der Waals surface area contributed by atoms with E-state index < -0.39 is 6.61 Å². The minimum atomic E-state index is -2.88. The molecule has 8 heteroatoms. The summed E-state index contributed by atoms with van der Waals surface area (Å²) in [5, 5.41) is 0.827. The second kappa shape index (κ2) is 10.4. The largest absolute Gasteiger partial charge is 0.435 e. The number of ketones is 1. The second-order valence-corrected chi connectivity index (χ2v) is 6.68. The van der Waals surface area contributed by atoms with Crippen LogP contribution in [0, 0.1) is 0 Å². The molecule has 2 aromatic carbocycles. The van der Waals surface area contributed by atoms with E-state index in [-0.39, 0.29) is 35.1 Å². The van der Waals surface area contributed by atoms with Gasteiger partial charge in [-0.05, 0) is 42.8 Å². The molecule has 1 aliphatic heterocycles. The molecule has 0 bridgehead atoms. The Morgan fingerprint density at radius 1 is 1.15 bits per heavy atom. The number of anilines is 1. The van der Waals surface area contributed by atoms with Crippen LogP contribution in [0.5, 0.6) is 5.75 Å². The first kappa shape index (κ1) is 21.4. The second-order valence-electron chi connectivity index (χ2n) is 5.61. The number of ether oxygens (including phenoxy) is 1. The number of alkyl halides is 2. The number of carbonyl (C=O) groups excluding carboxylic acids is 1. The van der Waals surface area contributed by atoms with Gasteiger partial charge in [-0.15, -0.1) is 17.0 Å². The Balaban J connectivity index is 0.00000261. The number of hydrogen-bond donors (Lipinski definition) is 0. The fourth-order valence-corrected chi connectivity index (χ4v) is 3.51. The van der Waals surface area contributed by atoms with Crippen LogP contribution in [0.3, 0.4) is 0 Å². The van der Waals surface area contributed by atoms with Crippen LogP contribution in [-0.2, 0) is 0 Å². The number of hydrogen-bond acceptors (Lipinski definition) is 5. The molecule has 27 heavy (non-hydrogen) atoms. The highest BCUT2D eigenvalue weighted by atomic mass is 79.9. The molecule has 4 nitrogen and oxygen atoms in total. The number of benzene rings is 2. The first-order valence-electron chi connectivity index (χ1n) is 8.21. The lowest BCUT2D eigenvalue weighted by Crippen LogP contribution is -2.35. The van der Waals surface area contributed by atoms with E-state index in [4.69, 9.17) is 0 Å². The maximum atomic E-state index is 12.7. The van der Waals surface area contributed by atoms with Crippen LogP contribution in [0.2, 0.25) is 0 Å². The van der Waals surface area contributed by atoms with Gasteiger partial charge in [0.05, 0.1) is 6.54 Å². The van der Waals surface area contributed by atoms with Gasteiger partial charge in [-0.1, -0.05) is 30.0 Å². The minimum absolute atomic E-state index is 0. The van der Waals surface area contributed by atoms with Crippen molar-refractivity contribution in [1.29, 1.82) is 0 Å². The zero-order valence-electron chi connectivity index (χ0n) is 14.4. The minimum Gasteiger partial charge on any atom is -0.435 e. The van der Waals surface area contributed by atoms with Gasteiger partial charge >= 0.3 is 6.61 Å². The molecule has 0 spiro atoms. The lowest BCUT2D eigenvalue weighted by molar-refractivity contribution is -0.0498. The molecule has 3 rings (SSSR count). The monoisotopic (exact) mass is 456 g/mol. The molecule has 0 amide bonds. The predicted molar refractivity (Wildman–Crippen MR) is 111 cm³/mol. The lowest BCUT2D eigenvalue weighted by Gasteiger charge is -2.27. The van der Waals surface area contributed by atoms with Gasteiger partial charge in [0.1, 0.15) is 5.75 Å². The van der Waals surface area contributed by atoms with Gasteiger partial charge in [0.2, 0.25) is 0 Å². The predicted octanol–water partition coefficient (Wildman–Crippen LogP) is 5.05. The van der Waals surface area contributed by atoms with Crippen molar-refractivity contribution in [3.8, 4) is 5.75 Å². The fraction of sp³-hybridized carbons (Fsp3) is 0.263. The van der Waals surface area contributed by atoms with Crippen molar-refractivity contribution in [3.05, 3.63) is 60.2 Å². The molecular formula is C19H19BrF2N2O2S. The molecule has 144 valence electrons. The SMILES string of the molecule is Br.O=C(CN(C1=NCCCS1)c1ccccc1)c1ccc(OC(F)F)cc1. The van der Waals surface area contributed by atoms with E-state index in [1.807, 2.05) is 35.2 Å². The summed E-state index contributed by atoms with van der Waals surface area (Å²) in [7, 11) is 0. The molecule has 0 unspecified atom stereocenters. The average molecular weight is 457 g/mol. The third-order valence-electron chi connectivity index (χ3n) is 3.78. The maximum Gasteiger partial charge on any atom is 0.387 e. The Labute approximate surface area is 171 Å². The number of para-hydroxylation sites is 1. The van der Waals surface area contributed by atoms with E-state index in [1.165, 1.54) is 24.3 Å². The Hall–Kier alpha value is -1.93. The van der Waals surface area contributed by atoms with E-state index in [1.54, 1.807) is 11.8 Å². The highest BCUT2D eigenvalue weighted by Gasteiger charge is 2.20. The molecule has 2 aromatic rings. The standard InChI is InChI=1S/C19H18F2N2O2S.BrH/c20-18(21)25-16-9-7-14(8-10-16)17(24)13-23(15-5-2-1-3-6-15)19-22-11-4-12-26-19;/h1-3,5-10,18H,4,11-13H2;1H. The number of nitrogens with zero attached hydrogens (tertiary/aromatic N) is 2. The van der Waals surface area contributed by atoms with Gasteiger partial charge in [0.15, 0.2) is 11.0 Å². The lowest BCUT2D eigenvalue weighted by atomic mass is 10.1. The van der Waals surface area contributed by atoms with Crippen LogP contribution in [-0.4, -0.2) is 36.4 Å². The summed E-state index contributed by atoms with van der Waals surface area (Å²) in [5.41, 5.74) is 1.33. The Bertz CT molecular complexity index is 773. The highest BCUT2D eigenvalue weighted by molar-refractivity contribution is 8.93. The van der Waals surface area contributed by atoms with Gasteiger partial charge in [-0.25, -0.2) is 0 Å². The molecule has 0 aliphatic carbocycles. The van der Waals surface area contributed by atoms with Crippen LogP contribution >= 0.6 is 28.7 Å². The van der Waals surface area contributed by atoms with Crippen molar-refractivity contribution < 1.29 is 18.3 Å². The topological polar surface area (TPSA) is 41.9 Å². The van der Waals surface area contributed by atoms with E-state index >= 15 is 0 Å². The van der Waals surface area contributed by atoms with Gasteiger partial charge in [-0.3, -0.25) is 9.79 Å². The van der Waals surface area contributed by atoms with Gasteiger partial charge < -0.3 is 9.64 Å². The van der Waals surface area contributed by atoms with E-state index in [2.05, 4.69) is 9.73 Å². The van der Waals surface area contributed by atoms with Crippen molar-refractivity contribution in [3.63, 3.8) is 0 Å². The van der Waals surface area contributed by atoms with Crippen LogP contribution < -0.4 is 9.64 Å². The number of thioether (sulfide) groups is 1. The van der Waals surface area contributed by atoms with Crippen molar-refractivity contribution in [2.75, 3.05) is 23.7 Å². The third kappa shape index (κ3) is 6.04. The van der Waals surface area contributed by atoms with Gasteiger partial charge in [0, 0.05) is 23.5 Å². The van der Waals surface area contributed by atoms with Gasteiger partial charge in [-0.2, -0.15) is 8.78 Å². The highest BCUT2D eigenvalue weighted by Crippen LogP contribution is 2.23.